The van der Waals surface area contributed by atoms with Crippen molar-refractivity contribution in [3.8, 4) is 0 Å². The first-order valence-corrected chi connectivity index (χ1v) is 16.3. The molecule has 0 bridgehead atoms. The Hall–Kier alpha value is -4.66. The minimum absolute atomic E-state index is 0.0112. The Morgan fingerprint density at radius 1 is 1.00 bits per heavy atom. The third kappa shape index (κ3) is 6.78. The molecule has 1 aliphatic carbocycles. The zero-order valence-corrected chi connectivity index (χ0v) is 27.2. The summed E-state index contributed by atoms with van der Waals surface area (Å²) in [6, 6.07) is 26.3. The quantitative estimate of drug-likeness (QED) is 0.217. The molecule has 1 aliphatic heterocycles. The second-order valence-electron chi connectivity index (χ2n) is 13.9. The van der Waals surface area contributed by atoms with Crippen molar-refractivity contribution in [1.29, 1.82) is 0 Å². The van der Waals surface area contributed by atoms with E-state index in [9.17, 15) is 9.59 Å². The van der Waals surface area contributed by atoms with E-state index < -0.39 is 5.66 Å². The fraction of sp³-hybridized carbons (Fsp3) is 0.405. The normalized spacial score (nSPS) is 20.5. The van der Waals surface area contributed by atoms with Gasteiger partial charge in [-0.15, -0.1) is 10.2 Å². The summed E-state index contributed by atoms with van der Waals surface area (Å²) in [6.07, 6.45) is 5.25. The van der Waals surface area contributed by atoms with Crippen LogP contribution in [0.4, 0.5) is 0 Å². The number of aliphatic imine (C=N–C) groups is 1. The maximum Gasteiger partial charge on any atom is 0.275 e. The summed E-state index contributed by atoms with van der Waals surface area (Å²) in [7, 11) is 0. The van der Waals surface area contributed by atoms with Crippen LogP contribution in [0.3, 0.4) is 0 Å². The number of hydrogen-bond donors (Lipinski definition) is 2. The van der Waals surface area contributed by atoms with Gasteiger partial charge in [0.25, 0.3) is 11.8 Å². The highest BCUT2D eigenvalue weighted by Crippen LogP contribution is 2.49. The van der Waals surface area contributed by atoms with Crippen molar-refractivity contribution >= 4 is 17.5 Å². The van der Waals surface area contributed by atoms with Crippen molar-refractivity contribution in [2.24, 2.45) is 10.4 Å². The number of carbonyl (C=O) groups is 2. The number of H-pyrrole nitrogens is 1. The molecule has 1 aromatic heterocycles. The summed E-state index contributed by atoms with van der Waals surface area (Å²) >= 11 is 0. The lowest BCUT2D eigenvalue weighted by Crippen LogP contribution is -2.50. The minimum atomic E-state index is -0.619. The van der Waals surface area contributed by atoms with Gasteiger partial charge in [-0.1, -0.05) is 98.3 Å². The van der Waals surface area contributed by atoms with Crippen LogP contribution in [0, 0.1) is 12.3 Å². The zero-order chi connectivity index (χ0) is 32.3. The van der Waals surface area contributed by atoms with E-state index in [1.54, 1.807) is 0 Å². The highest BCUT2D eigenvalue weighted by Gasteiger charge is 2.52. The fourth-order valence-corrected chi connectivity index (χ4v) is 6.83. The number of aromatic amines is 1. The zero-order valence-electron chi connectivity index (χ0n) is 27.2. The van der Waals surface area contributed by atoms with Gasteiger partial charge in [-0.2, -0.15) is 5.21 Å². The van der Waals surface area contributed by atoms with Crippen molar-refractivity contribution in [2.75, 3.05) is 0 Å². The highest BCUT2D eigenvalue weighted by molar-refractivity contribution is 6.46. The molecule has 2 heterocycles. The molecule has 0 unspecified atom stereocenters. The highest BCUT2D eigenvalue weighted by atomic mass is 16.2. The molecule has 0 radical (unpaired) electrons. The van der Waals surface area contributed by atoms with Crippen LogP contribution in [0.5, 0.6) is 0 Å². The number of hydrogen-bond acceptors (Lipinski definition) is 6. The number of benzene rings is 3. The molecule has 9 nitrogen and oxygen atoms in total. The smallest absolute Gasteiger partial charge is 0.275 e. The fourth-order valence-electron chi connectivity index (χ4n) is 6.83. The van der Waals surface area contributed by atoms with E-state index in [0.29, 0.717) is 23.0 Å². The Labute approximate surface area is 270 Å². The monoisotopic (exact) mass is 617 g/mol. The van der Waals surface area contributed by atoms with Crippen LogP contribution in [0.2, 0.25) is 0 Å². The number of nitrogens with zero attached hydrogens (tertiary/aromatic N) is 5. The first kappa shape index (κ1) is 31.3. The molecule has 1 spiro atoms. The van der Waals surface area contributed by atoms with Gasteiger partial charge in [-0.05, 0) is 80.0 Å². The van der Waals surface area contributed by atoms with Crippen LogP contribution < -0.4 is 5.32 Å². The van der Waals surface area contributed by atoms with Gasteiger partial charge in [0, 0.05) is 11.1 Å². The van der Waals surface area contributed by atoms with Gasteiger partial charge in [0.05, 0.1) is 12.6 Å². The number of rotatable bonds is 9. The largest absolute Gasteiger partial charge is 0.345 e. The molecule has 2 N–H and O–H groups in total. The average Bonchev–Trinajstić information content (AvgIpc) is 3.68. The molecule has 0 saturated heterocycles. The van der Waals surface area contributed by atoms with Gasteiger partial charge in [0.15, 0.2) is 5.82 Å². The van der Waals surface area contributed by atoms with Gasteiger partial charge in [0.2, 0.25) is 0 Å². The SMILES string of the molecule is Cc1ccc(C2=NC3(CCC(c4ccccc4)CC3)N([C@H](CCC(C)(C)C)c3ccc(C(=O)NCc4nn[nH]n4)cc3)C2=O)cc1. The number of aromatic nitrogens is 4. The predicted molar refractivity (Wildman–Crippen MR) is 178 cm³/mol. The van der Waals surface area contributed by atoms with E-state index in [-0.39, 0.29) is 29.8 Å². The van der Waals surface area contributed by atoms with Crippen molar-refractivity contribution < 1.29 is 9.59 Å². The van der Waals surface area contributed by atoms with E-state index in [0.717, 1.165) is 55.2 Å². The minimum Gasteiger partial charge on any atom is -0.345 e. The first-order chi connectivity index (χ1) is 22.1. The van der Waals surface area contributed by atoms with E-state index in [4.69, 9.17) is 4.99 Å². The lowest BCUT2D eigenvalue weighted by molar-refractivity contribution is -0.133. The second-order valence-corrected chi connectivity index (χ2v) is 13.9. The van der Waals surface area contributed by atoms with E-state index in [2.05, 4.69) is 88.9 Å². The Morgan fingerprint density at radius 2 is 1.70 bits per heavy atom. The van der Waals surface area contributed by atoms with Crippen molar-refractivity contribution in [3.63, 3.8) is 0 Å². The molecule has 9 heteroatoms. The maximum atomic E-state index is 14.6. The van der Waals surface area contributed by atoms with Crippen molar-refractivity contribution in [1.82, 2.24) is 30.8 Å². The maximum absolute atomic E-state index is 14.6. The van der Waals surface area contributed by atoms with Crippen molar-refractivity contribution in [2.45, 2.75) is 90.4 Å². The summed E-state index contributed by atoms with van der Waals surface area (Å²) in [4.78, 5) is 35.0. The average molecular weight is 618 g/mol. The third-order valence-corrected chi connectivity index (χ3v) is 9.41. The molecule has 1 fully saturated rings. The number of aryl methyl sites for hydroxylation is 1. The molecular weight excluding hydrogens is 574 g/mol. The van der Waals surface area contributed by atoms with Gasteiger partial charge in [0.1, 0.15) is 11.4 Å². The molecular formula is C37H43N7O2. The summed E-state index contributed by atoms with van der Waals surface area (Å²) in [5, 5.41) is 16.6. The lowest BCUT2D eigenvalue weighted by Gasteiger charge is -2.46. The summed E-state index contributed by atoms with van der Waals surface area (Å²) in [5.74, 6) is 0.625. The van der Waals surface area contributed by atoms with Gasteiger partial charge in [-0.25, -0.2) is 0 Å². The Balaban J connectivity index is 1.33. The molecule has 3 aromatic carbocycles. The predicted octanol–water partition coefficient (Wildman–Crippen LogP) is 6.69. The molecule has 1 atom stereocenters. The summed E-state index contributed by atoms with van der Waals surface area (Å²) < 4.78 is 0. The first-order valence-electron chi connectivity index (χ1n) is 16.3. The molecule has 2 aliphatic rings. The number of carbonyl (C=O) groups excluding carboxylic acids is 2. The van der Waals surface area contributed by atoms with Crippen LogP contribution in [-0.4, -0.2) is 48.7 Å². The molecule has 2 amide bonds. The number of nitrogens with one attached hydrogen (secondary N) is 2. The van der Waals surface area contributed by atoms with E-state index >= 15 is 0 Å². The van der Waals surface area contributed by atoms with Crippen LogP contribution >= 0.6 is 0 Å². The van der Waals surface area contributed by atoms with Crippen LogP contribution in [-0.2, 0) is 11.3 Å². The standard InChI is InChI=1S/C37H43N7O2/c1-25-10-12-29(13-11-25)33-35(46)44(37(39-33)22-18-27(19-23-37)26-8-6-5-7-9-26)31(20-21-36(2,3)4)28-14-16-30(17-15-28)34(45)38-24-32-40-42-43-41-32/h5-17,27,31H,18-24H2,1-4H3,(H,38,45)(H,40,41,42,43)/t27?,31-,37?/m1/s1. The van der Waals surface area contributed by atoms with Gasteiger partial charge in [-0.3, -0.25) is 14.6 Å². The summed E-state index contributed by atoms with van der Waals surface area (Å²) in [5.41, 5.74) is 4.92. The molecule has 4 aromatic rings. The summed E-state index contributed by atoms with van der Waals surface area (Å²) in [6.45, 7) is 8.95. The van der Waals surface area contributed by atoms with Gasteiger partial charge >= 0.3 is 0 Å². The Kier molecular flexibility index (Phi) is 8.84. The molecule has 46 heavy (non-hydrogen) atoms. The van der Waals surface area contributed by atoms with Crippen LogP contribution in [0.25, 0.3) is 0 Å². The van der Waals surface area contributed by atoms with E-state index in [1.165, 1.54) is 5.56 Å². The lowest BCUT2D eigenvalue weighted by atomic mass is 9.77. The topological polar surface area (TPSA) is 116 Å². The third-order valence-electron chi connectivity index (χ3n) is 9.41. The Morgan fingerprint density at radius 3 is 2.33 bits per heavy atom. The number of amides is 2. The van der Waals surface area contributed by atoms with Crippen LogP contribution in [0.15, 0.2) is 83.9 Å². The van der Waals surface area contributed by atoms with Gasteiger partial charge < -0.3 is 10.2 Å². The Bertz CT molecular complexity index is 1670. The molecule has 238 valence electrons. The molecule has 1 saturated carbocycles. The number of tetrazole rings is 1. The van der Waals surface area contributed by atoms with E-state index in [1.807, 2.05) is 48.5 Å². The molecule has 6 rings (SSSR count). The van der Waals surface area contributed by atoms with Crippen molar-refractivity contribution in [3.05, 3.63) is 113 Å². The van der Waals surface area contributed by atoms with Crippen LogP contribution in [0.1, 0.15) is 110 Å². The second kappa shape index (κ2) is 13.0.